The summed E-state index contributed by atoms with van der Waals surface area (Å²) in [6.07, 6.45) is 1.68. The number of hydrazone groups is 1. The lowest BCUT2D eigenvalue weighted by Crippen LogP contribution is -2.34. The fourth-order valence-electron chi connectivity index (χ4n) is 1.62. The molecule has 122 valence electrons. The second-order valence-corrected chi connectivity index (χ2v) is 5.07. The molecule has 2 N–H and O–H groups in total. The molecule has 0 saturated carbocycles. The number of ether oxygens (including phenoxy) is 3. The van der Waals surface area contributed by atoms with Gasteiger partial charge in [-0.1, -0.05) is 6.07 Å². The number of para-hydroxylation sites is 1. The van der Waals surface area contributed by atoms with E-state index in [9.17, 15) is 0 Å². The molecule has 0 aliphatic rings. The Balaban J connectivity index is 2.71. The standard InChI is InChI=1S/C15H23N3O3S/c1-11(2)21-14-12(6-5-7-13(14)20-4)10-17-18-15(22)16-8-9-19-3/h5-7,10-11H,8-9H2,1-4H3,(H2,16,18,22)/b17-10-. The number of nitrogens with one attached hydrogen (secondary N) is 2. The quantitative estimate of drug-likeness (QED) is 0.329. The molecular formula is C15H23N3O3S. The fraction of sp³-hybridized carbons (Fsp3) is 0.467. The van der Waals surface area contributed by atoms with E-state index in [1.54, 1.807) is 20.4 Å². The molecule has 0 bridgehead atoms. The minimum atomic E-state index is 0.0354. The van der Waals surface area contributed by atoms with Crippen LogP contribution in [0.5, 0.6) is 11.5 Å². The topological polar surface area (TPSA) is 64.1 Å². The van der Waals surface area contributed by atoms with Crippen LogP contribution in [0.4, 0.5) is 0 Å². The number of benzene rings is 1. The van der Waals surface area contributed by atoms with Gasteiger partial charge >= 0.3 is 0 Å². The van der Waals surface area contributed by atoms with Crippen molar-refractivity contribution < 1.29 is 14.2 Å². The van der Waals surface area contributed by atoms with Crippen molar-refractivity contribution >= 4 is 23.5 Å². The highest BCUT2D eigenvalue weighted by atomic mass is 32.1. The summed E-state index contributed by atoms with van der Waals surface area (Å²) in [7, 11) is 3.24. The van der Waals surface area contributed by atoms with Crippen molar-refractivity contribution in [2.75, 3.05) is 27.4 Å². The van der Waals surface area contributed by atoms with Gasteiger partial charge < -0.3 is 19.5 Å². The summed E-state index contributed by atoms with van der Waals surface area (Å²) in [5.74, 6) is 1.32. The third kappa shape index (κ3) is 6.28. The lowest BCUT2D eigenvalue weighted by atomic mass is 10.2. The molecule has 7 heteroatoms. The maximum atomic E-state index is 5.80. The highest BCUT2D eigenvalue weighted by molar-refractivity contribution is 7.80. The van der Waals surface area contributed by atoms with Gasteiger partial charge in [0.1, 0.15) is 0 Å². The summed E-state index contributed by atoms with van der Waals surface area (Å²) < 4.78 is 16.0. The number of hydrogen-bond donors (Lipinski definition) is 2. The Bertz CT molecular complexity index is 507. The minimum absolute atomic E-state index is 0.0354. The SMILES string of the molecule is COCCNC(=S)N/N=C\c1cccc(OC)c1OC(C)C. The first-order chi connectivity index (χ1) is 10.6. The maximum absolute atomic E-state index is 5.80. The monoisotopic (exact) mass is 325 g/mol. The van der Waals surface area contributed by atoms with Gasteiger partial charge in [0.2, 0.25) is 0 Å². The molecule has 0 radical (unpaired) electrons. The second-order valence-electron chi connectivity index (χ2n) is 4.66. The van der Waals surface area contributed by atoms with E-state index < -0.39 is 0 Å². The number of methoxy groups -OCH3 is 2. The molecule has 0 fully saturated rings. The zero-order chi connectivity index (χ0) is 16.4. The molecule has 1 rings (SSSR count). The van der Waals surface area contributed by atoms with Crippen LogP contribution in [0.15, 0.2) is 23.3 Å². The van der Waals surface area contributed by atoms with Gasteiger partial charge in [-0.2, -0.15) is 5.10 Å². The maximum Gasteiger partial charge on any atom is 0.187 e. The average molecular weight is 325 g/mol. The molecule has 0 atom stereocenters. The summed E-state index contributed by atoms with van der Waals surface area (Å²) in [4.78, 5) is 0. The molecule has 1 aromatic carbocycles. The molecule has 0 heterocycles. The van der Waals surface area contributed by atoms with Crippen molar-refractivity contribution in [3.05, 3.63) is 23.8 Å². The van der Waals surface area contributed by atoms with E-state index in [2.05, 4.69) is 15.8 Å². The molecule has 6 nitrogen and oxygen atoms in total. The molecule has 0 amide bonds. The predicted molar refractivity (Wildman–Crippen MR) is 92.0 cm³/mol. The van der Waals surface area contributed by atoms with E-state index in [1.807, 2.05) is 32.0 Å². The lowest BCUT2D eigenvalue weighted by Gasteiger charge is -2.15. The van der Waals surface area contributed by atoms with Crippen LogP contribution in [0.2, 0.25) is 0 Å². The van der Waals surface area contributed by atoms with Crippen molar-refractivity contribution in [2.24, 2.45) is 5.10 Å². The van der Waals surface area contributed by atoms with Gasteiger partial charge in [-0.25, -0.2) is 0 Å². The molecule has 0 saturated heterocycles. The normalized spacial score (nSPS) is 10.8. The van der Waals surface area contributed by atoms with Crippen LogP contribution in [0.3, 0.4) is 0 Å². The Kier molecular flexibility index (Phi) is 8.24. The number of nitrogens with zero attached hydrogens (tertiary/aromatic N) is 1. The number of thiocarbonyl (C=S) groups is 1. The summed E-state index contributed by atoms with van der Waals surface area (Å²) in [5, 5.41) is 7.51. The number of rotatable bonds is 8. The molecule has 1 aromatic rings. The van der Waals surface area contributed by atoms with Gasteiger partial charge in [0.25, 0.3) is 0 Å². The van der Waals surface area contributed by atoms with Crippen LogP contribution in [0, 0.1) is 0 Å². The van der Waals surface area contributed by atoms with Gasteiger partial charge in [-0.3, -0.25) is 5.43 Å². The molecule has 0 spiro atoms. The van der Waals surface area contributed by atoms with E-state index in [-0.39, 0.29) is 6.10 Å². The van der Waals surface area contributed by atoms with Crippen molar-refractivity contribution in [1.29, 1.82) is 0 Å². The highest BCUT2D eigenvalue weighted by Crippen LogP contribution is 2.30. The predicted octanol–water partition coefficient (Wildman–Crippen LogP) is 1.93. The van der Waals surface area contributed by atoms with E-state index in [1.165, 1.54) is 0 Å². The third-order valence-corrected chi connectivity index (χ3v) is 2.78. The molecule has 0 aliphatic carbocycles. The van der Waals surface area contributed by atoms with E-state index in [4.69, 9.17) is 26.4 Å². The first-order valence-electron chi connectivity index (χ1n) is 6.98. The third-order valence-electron chi connectivity index (χ3n) is 2.54. The van der Waals surface area contributed by atoms with E-state index >= 15 is 0 Å². The number of hydrogen-bond acceptors (Lipinski definition) is 5. The summed E-state index contributed by atoms with van der Waals surface area (Å²) >= 11 is 5.09. The smallest absolute Gasteiger partial charge is 0.187 e. The van der Waals surface area contributed by atoms with Crippen molar-refractivity contribution in [2.45, 2.75) is 20.0 Å². The van der Waals surface area contributed by atoms with Crippen LogP contribution in [0.1, 0.15) is 19.4 Å². The van der Waals surface area contributed by atoms with Crippen molar-refractivity contribution in [3.63, 3.8) is 0 Å². The van der Waals surface area contributed by atoms with Crippen molar-refractivity contribution in [1.82, 2.24) is 10.7 Å². The zero-order valence-electron chi connectivity index (χ0n) is 13.4. The van der Waals surface area contributed by atoms with Crippen LogP contribution >= 0.6 is 12.2 Å². The first kappa shape index (κ1) is 18.2. The van der Waals surface area contributed by atoms with Crippen LogP contribution in [-0.2, 0) is 4.74 Å². The molecule has 0 unspecified atom stereocenters. The van der Waals surface area contributed by atoms with Crippen molar-refractivity contribution in [3.8, 4) is 11.5 Å². The van der Waals surface area contributed by atoms with Crippen LogP contribution in [-0.4, -0.2) is 44.8 Å². The molecule has 22 heavy (non-hydrogen) atoms. The van der Waals surface area contributed by atoms with Gasteiger partial charge in [0.15, 0.2) is 16.6 Å². The Morgan fingerprint density at radius 2 is 2.14 bits per heavy atom. The van der Waals surface area contributed by atoms with Crippen LogP contribution in [0.25, 0.3) is 0 Å². The zero-order valence-corrected chi connectivity index (χ0v) is 14.2. The van der Waals surface area contributed by atoms with E-state index in [0.717, 1.165) is 5.56 Å². The largest absolute Gasteiger partial charge is 0.493 e. The van der Waals surface area contributed by atoms with Gasteiger partial charge in [0.05, 0.1) is 26.0 Å². The van der Waals surface area contributed by atoms with Gasteiger partial charge in [0, 0.05) is 19.2 Å². The summed E-state index contributed by atoms with van der Waals surface area (Å²) in [5.41, 5.74) is 3.55. The Morgan fingerprint density at radius 1 is 1.36 bits per heavy atom. The lowest BCUT2D eigenvalue weighted by molar-refractivity contribution is 0.204. The Labute approximate surface area is 136 Å². The first-order valence-corrected chi connectivity index (χ1v) is 7.38. The summed E-state index contributed by atoms with van der Waals surface area (Å²) in [6, 6.07) is 5.62. The molecule has 0 aliphatic heterocycles. The molecule has 0 aromatic heterocycles. The fourth-order valence-corrected chi connectivity index (χ4v) is 1.78. The van der Waals surface area contributed by atoms with Crippen LogP contribution < -0.4 is 20.2 Å². The molecular weight excluding hydrogens is 302 g/mol. The second kappa shape index (κ2) is 9.97. The Hall–Kier alpha value is -1.86. The summed E-state index contributed by atoms with van der Waals surface area (Å²) in [6.45, 7) is 5.12. The van der Waals surface area contributed by atoms with Gasteiger partial charge in [-0.05, 0) is 38.2 Å². The van der Waals surface area contributed by atoms with E-state index in [0.29, 0.717) is 29.8 Å². The highest BCUT2D eigenvalue weighted by Gasteiger charge is 2.10. The average Bonchev–Trinajstić information content (AvgIpc) is 2.48. The Morgan fingerprint density at radius 3 is 2.77 bits per heavy atom. The minimum Gasteiger partial charge on any atom is -0.493 e. The van der Waals surface area contributed by atoms with Gasteiger partial charge in [-0.15, -0.1) is 0 Å².